The van der Waals surface area contributed by atoms with Crippen molar-refractivity contribution in [2.75, 3.05) is 11.4 Å². The Kier molecular flexibility index (Phi) is 4.18. The van der Waals surface area contributed by atoms with Crippen molar-refractivity contribution in [3.63, 3.8) is 0 Å². The van der Waals surface area contributed by atoms with Gasteiger partial charge in [-0.15, -0.1) is 0 Å². The number of nitrogens with two attached hydrogens (primary N) is 1. The van der Waals surface area contributed by atoms with Crippen molar-refractivity contribution in [2.24, 2.45) is 5.73 Å². The summed E-state index contributed by atoms with van der Waals surface area (Å²) in [4.78, 5) is 6.72. The molecule has 1 atom stereocenters. The van der Waals surface area contributed by atoms with E-state index in [1.54, 1.807) is 0 Å². The lowest BCUT2D eigenvalue weighted by molar-refractivity contribution is 0.434. The molecule has 0 bridgehead atoms. The molecule has 0 saturated carbocycles. The second-order valence-electron chi connectivity index (χ2n) is 4.95. The fourth-order valence-electron chi connectivity index (χ4n) is 2.69. The van der Waals surface area contributed by atoms with Crippen molar-refractivity contribution in [1.29, 1.82) is 5.41 Å². The van der Waals surface area contributed by atoms with Gasteiger partial charge in [0, 0.05) is 12.6 Å². The fraction of sp³-hybridized carbons (Fsp3) is 0.571. The Morgan fingerprint density at radius 1 is 1.50 bits per heavy atom. The van der Waals surface area contributed by atoms with Gasteiger partial charge in [-0.25, -0.2) is 0 Å². The molecule has 0 spiro atoms. The monoisotopic (exact) mass is 246 g/mol. The molecule has 18 heavy (non-hydrogen) atoms. The molecule has 98 valence electrons. The van der Waals surface area contributed by atoms with Gasteiger partial charge in [0.2, 0.25) is 0 Å². The third-order valence-corrected chi connectivity index (χ3v) is 3.60. The van der Waals surface area contributed by atoms with Crippen LogP contribution in [0.1, 0.15) is 44.7 Å². The third-order valence-electron chi connectivity index (χ3n) is 3.60. The van der Waals surface area contributed by atoms with Crippen LogP contribution in [0, 0.1) is 5.41 Å². The number of aromatic nitrogens is 1. The molecular weight excluding hydrogens is 224 g/mol. The van der Waals surface area contributed by atoms with Gasteiger partial charge in [-0.2, -0.15) is 0 Å². The minimum atomic E-state index is 0.0327. The van der Waals surface area contributed by atoms with Gasteiger partial charge < -0.3 is 10.6 Å². The third kappa shape index (κ3) is 2.81. The topological polar surface area (TPSA) is 66.0 Å². The standard InChI is InChI=1S/C14H22N4/c1-2-5-11-6-3-4-9-18(11)12-7-8-13(14(15)16)17-10-12/h7-8,10-11H,2-6,9H2,1H3,(H3,15,16). The maximum Gasteiger partial charge on any atom is 0.141 e. The van der Waals surface area contributed by atoms with Crippen LogP contribution in [-0.2, 0) is 0 Å². The average molecular weight is 246 g/mol. The fourth-order valence-corrected chi connectivity index (χ4v) is 2.69. The number of nitrogens with one attached hydrogen (secondary N) is 1. The molecule has 1 unspecified atom stereocenters. The van der Waals surface area contributed by atoms with E-state index in [0.717, 1.165) is 12.2 Å². The van der Waals surface area contributed by atoms with Gasteiger partial charge in [0.15, 0.2) is 0 Å². The lowest BCUT2D eigenvalue weighted by Gasteiger charge is -2.37. The van der Waals surface area contributed by atoms with Gasteiger partial charge >= 0.3 is 0 Å². The summed E-state index contributed by atoms with van der Waals surface area (Å²) in [5.74, 6) is 0.0327. The Labute approximate surface area is 109 Å². The maximum atomic E-state index is 7.36. The Morgan fingerprint density at radius 2 is 2.33 bits per heavy atom. The minimum absolute atomic E-state index is 0.0327. The van der Waals surface area contributed by atoms with Gasteiger partial charge in [-0.3, -0.25) is 10.4 Å². The summed E-state index contributed by atoms with van der Waals surface area (Å²) in [7, 11) is 0. The molecule has 4 nitrogen and oxygen atoms in total. The number of nitrogen functional groups attached to an aromatic ring is 1. The van der Waals surface area contributed by atoms with Crippen molar-refractivity contribution < 1.29 is 0 Å². The highest BCUT2D eigenvalue weighted by molar-refractivity contribution is 5.93. The molecule has 1 fully saturated rings. The van der Waals surface area contributed by atoms with Crippen molar-refractivity contribution in [2.45, 2.75) is 45.1 Å². The lowest BCUT2D eigenvalue weighted by atomic mass is 9.98. The molecule has 1 saturated heterocycles. The van der Waals surface area contributed by atoms with E-state index in [1.807, 2.05) is 18.3 Å². The molecule has 0 amide bonds. The second-order valence-corrected chi connectivity index (χ2v) is 4.95. The first kappa shape index (κ1) is 12.9. The molecule has 1 aromatic heterocycles. The molecule has 1 aliphatic rings. The van der Waals surface area contributed by atoms with Crippen LogP contribution in [0.3, 0.4) is 0 Å². The minimum Gasteiger partial charge on any atom is -0.382 e. The smallest absolute Gasteiger partial charge is 0.141 e. The summed E-state index contributed by atoms with van der Waals surface area (Å²) in [5.41, 5.74) is 7.15. The highest BCUT2D eigenvalue weighted by atomic mass is 15.2. The number of rotatable bonds is 4. The SMILES string of the molecule is CCCC1CCCCN1c1ccc(C(=N)N)nc1. The summed E-state index contributed by atoms with van der Waals surface area (Å²) in [6.07, 6.45) is 8.19. The first-order valence-electron chi connectivity index (χ1n) is 6.79. The van der Waals surface area contributed by atoms with Crippen LogP contribution in [0.2, 0.25) is 0 Å². The summed E-state index contributed by atoms with van der Waals surface area (Å²) in [6, 6.07) is 4.53. The van der Waals surface area contributed by atoms with Gasteiger partial charge in [-0.05, 0) is 37.8 Å². The zero-order valence-electron chi connectivity index (χ0n) is 11.0. The van der Waals surface area contributed by atoms with E-state index < -0.39 is 0 Å². The highest BCUT2D eigenvalue weighted by Crippen LogP contribution is 2.26. The number of amidine groups is 1. The number of piperidine rings is 1. The Balaban J connectivity index is 2.15. The average Bonchev–Trinajstić information content (AvgIpc) is 2.40. The highest BCUT2D eigenvalue weighted by Gasteiger charge is 2.21. The van der Waals surface area contributed by atoms with E-state index in [9.17, 15) is 0 Å². The molecule has 0 aromatic carbocycles. The van der Waals surface area contributed by atoms with Gasteiger partial charge in [0.1, 0.15) is 11.5 Å². The quantitative estimate of drug-likeness (QED) is 0.633. The van der Waals surface area contributed by atoms with E-state index in [-0.39, 0.29) is 5.84 Å². The summed E-state index contributed by atoms with van der Waals surface area (Å²) < 4.78 is 0. The van der Waals surface area contributed by atoms with Crippen molar-refractivity contribution >= 4 is 11.5 Å². The number of nitrogens with zero attached hydrogens (tertiary/aromatic N) is 2. The Hall–Kier alpha value is -1.58. The van der Waals surface area contributed by atoms with E-state index >= 15 is 0 Å². The van der Waals surface area contributed by atoms with Gasteiger partial charge in [0.05, 0.1) is 11.9 Å². The Bertz CT molecular complexity index is 397. The zero-order valence-corrected chi connectivity index (χ0v) is 11.0. The van der Waals surface area contributed by atoms with Crippen LogP contribution in [0.25, 0.3) is 0 Å². The van der Waals surface area contributed by atoms with Crippen molar-refractivity contribution in [3.8, 4) is 0 Å². The van der Waals surface area contributed by atoms with Gasteiger partial charge in [0.25, 0.3) is 0 Å². The summed E-state index contributed by atoms with van der Waals surface area (Å²) in [6.45, 7) is 3.36. The van der Waals surface area contributed by atoms with E-state index in [0.29, 0.717) is 11.7 Å². The first-order valence-corrected chi connectivity index (χ1v) is 6.79. The van der Waals surface area contributed by atoms with Crippen LogP contribution >= 0.6 is 0 Å². The lowest BCUT2D eigenvalue weighted by Crippen LogP contribution is -2.39. The second kappa shape index (κ2) is 5.85. The van der Waals surface area contributed by atoms with Crippen molar-refractivity contribution in [3.05, 3.63) is 24.0 Å². The number of hydrogen-bond donors (Lipinski definition) is 2. The Morgan fingerprint density at radius 3 is 2.94 bits per heavy atom. The number of pyridine rings is 1. The number of anilines is 1. The molecule has 1 aliphatic heterocycles. The predicted molar refractivity (Wildman–Crippen MR) is 75.1 cm³/mol. The van der Waals surface area contributed by atoms with E-state index in [2.05, 4.69) is 16.8 Å². The van der Waals surface area contributed by atoms with E-state index in [4.69, 9.17) is 11.1 Å². The van der Waals surface area contributed by atoms with E-state index in [1.165, 1.54) is 32.1 Å². The zero-order chi connectivity index (χ0) is 13.0. The number of hydrogen-bond acceptors (Lipinski definition) is 3. The van der Waals surface area contributed by atoms with Crippen LogP contribution < -0.4 is 10.6 Å². The van der Waals surface area contributed by atoms with Crippen LogP contribution in [0.5, 0.6) is 0 Å². The predicted octanol–water partition coefficient (Wildman–Crippen LogP) is 2.52. The van der Waals surface area contributed by atoms with Crippen LogP contribution in [0.4, 0.5) is 5.69 Å². The molecular formula is C14H22N4. The van der Waals surface area contributed by atoms with Crippen molar-refractivity contribution in [1.82, 2.24) is 4.98 Å². The molecule has 2 rings (SSSR count). The van der Waals surface area contributed by atoms with Gasteiger partial charge in [-0.1, -0.05) is 13.3 Å². The molecule has 3 N–H and O–H groups in total. The molecule has 4 heteroatoms. The molecule has 0 aliphatic carbocycles. The summed E-state index contributed by atoms with van der Waals surface area (Å²) >= 11 is 0. The first-order chi connectivity index (χ1) is 8.72. The van der Waals surface area contributed by atoms with Crippen LogP contribution in [0.15, 0.2) is 18.3 Å². The molecule has 2 heterocycles. The molecule has 1 aromatic rings. The van der Waals surface area contributed by atoms with Crippen LogP contribution in [-0.4, -0.2) is 23.4 Å². The largest absolute Gasteiger partial charge is 0.382 e. The normalized spacial score (nSPS) is 19.8. The summed E-state index contributed by atoms with van der Waals surface area (Å²) in [5, 5.41) is 7.36. The molecule has 0 radical (unpaired) electrons. The maximum absolute atomic E-state index is 7.36.